The Balaban J connectivity index is 1.84. The summed E-state index contributed by atoms with van der Waals surface area (Å²) >= 11 is 0. The molecule has 4 aromatic heterocycles. The van der Waals surface area contributed by atoms with Crippen LogP contribution in [0.2, 0.25) is 0 Å². The highest BCUT2D eigenvalue weighted by Gasteiger charge is 2.18. The normalized spacial score (nSPS) is 11.7. The fourth-order valence-electron chi connectivity index (χ4n) is 2.89. The van der Waals surface area contributed by atoms with Crippen molar-refractivity contribution < 1.29 is 8.42 Å². The predicted molar refractivity (Wildman–Crippen MR) is 98.5 cm³/mol. The Morgan fingerprint density at radius 1 is 1.19 bits per heavy atom. The van der Waals surface area contributed by atoms with Gasteiger partial charge in [-0.25, -0.2) is 28.5 Å². The molecule has 0 radical (unpaired) electrons. The second-order valence-electron chi connectivity index (χ2n) is 5.97. The van der Waals surface area contributed by atoms with Gasteiger partial charge < -0.3 is 9.41 Å². The van der Waals surface area contributed by atoms with Gasteiger partial charge >= 0.3 is 0 Å². The minimum atomic E-state index is -4.00. The second-order valence-corrected chi connectivity index (χ2v) is 7.50. The van der Waals surface area contributed by atoms with E-state index in [1.165, 1.54) is 12.1 Å². The van der Waals surface area contributed by atoms with Crippen LogP contribution in [0, 0.1) is 13.5 Å². The standard InChI is InChI=1S/C17H13N7O2S/c1-10-3-5-12-15-13(7-20-16(12)22-10)21-9-24(15)8-11-4-6-14(27(18,25)26)17(19-2)23-11/h3-7,9H,8H2,1H3,(H2,18,25,26). The molecule has 0 atom stereocenters. The number of nitrogens with two attached hydrogens (primary N) is 1. The van der Waals surface area contributed by atoms with Gasteiger partial charge in [0.2, 0.25) is 10.0 Å². The number of primary sulfonamides is 1. The molecule has 0 saturated carbocycles. The number of hydrogen-bond acceptors (Lipinski definition) is 6. The Labute approximate surface area is 154 Å². The quantitative estimate of drug-likeness (QED) is 0.543. The van der Waals surface area contributed by atoms with E-state index in [4.69, 9.17) is 11.7 Å². The van der Waals surface area contributed by atoms with Crippen LogP contribution in [0.3, 0.4) is 0 Å². The molecule has 0 saturated heterocycles. The van der Waals surface area contributed by atoms with Crippen LogP contribution < -0.4 is 5.14 Å². The lowest BCUT2D eigenvalue weighted by molar-refractivity contribution is 0.598. The second kappa shape index (κ2) is 6.08. The Kier molecular flexibility index (Phi) is 3.83. The van der Waals surface area contributed by atoms with Crippen LogP contribution in [0.4, 0.5) is 5.82 Å². The first kappa shape index (κ1) is 17.0. The maximum atomic E-state index is 11.6. The maximum Gasteiger partial charge on any atom is 0.290 e. The molecular weight excluding hydrogens is 366 g/mol. The van der Waals surface area contributed by atoms with Gasteiger partial charge in [-0.2, -0.15) is 0 Å². The zero-order valence-electron chi connectivity index (χ0n) is 14.2. The van der Waals surface area contributed by atoms with Crippen molar-refractivity contribution in [3.05, 3.63) is 59.6 Å². The molecule has 134 valence electrons. The minimum Gasteiger partial charge on any atom is -0.360 e. The molecule has 4 aromatic rings. The first-order chi connectivity index (χ1) is 12.9. The van der Waals surface area contributed by atoms with Crippen LogP contribution in [0.25, 0.3) is 26.9 Å². The lowest BCUT2D eigenvalue weighted by Gasteiger charge is -2.06. The lowest BCUT2D eigenvalue weighted by atomic mass is 10.2. The third-order valence-corrected chi connectivity index (χ3v) is 5.02. The highest BCUT2D eigenvalue weighted by atomic mass is 32.2. The van der Waals surface area contributed by atoms with E-state index in [0.29, 0.717) is 23.4 Å². The summed E-state index contributed by atoms with van der Waals surface area (Å²) in [6, 6.07) is 6.67. The zero-order chi connectivity index (χ0) is 19.2. The van der Waals surface area contributed by atoms with Crippen molar-refractivity contribution in [3.63, 3.8) is 0 Å². The van der Waals surface area contributed by atoms with E-state index in [2.05, 4.69) is 24.8 Å². The molecule has 2 N–H and O–H groups in total. The van der Waals surface area contributed by atoms with Crippen LogP contribution in [0.15, 0.2) is 41.7 Å². The number of hydrogen-bond donors (Lipinski definition) is 1. The van der Waals surface area contributed by atoms with E-state index in [1.807, 2.05) is 23.6 Å². The molecule has 10 heteroatoms. The van der Waals surface area contributed by atoms with E-state index in [-0.39, 0.29) is 10.7 Å². The van der Waals surface area contributed by atoms with Crippen LogP contribution in [-0.4, -0.2) is 32.9 Å². The number of fused-ring (bicyclic) bond motifs is 3. The van der Waals surface area contributed by atoms with Crippen LogP contribution in [0.5, 0.6) is 0 Å². The van der Waals surface area contributed by atoms with Crippen molar-refractivity contribution in [2.24, 2.45) is 5.14 Å². The Hall–Kier alpha value is -3.42. The molecule has 0 unspecified atom stereocenters. The van der Waals surface area contributed by atoms with E-state index < -0.39 is 10.0 Å². The molecule has 4 rings (SSSR count). The molecule has 0 aliphatic heterocycles. The average Bonchev–Trinajstić information content (AvgIpc) is 3.03. The summed E-state index contributed by atoms with van der Waals surface area (Å²) < 4.78 is 25.0. The molecule has 0 bridgehead atoms. The summed E-state index contributed by atoms with van der Waals surface area (Å²) in [6.45, 7) is 9.37. The molecule has 0 aromatic carbocycles. The monoisotopic (exact) mass is 379 g/mol. The van der Waals surface area contributed by atoms with Gasteiger partial charge in [0, 0.05) is 11.1 Å². The SMILES string of the molecule is [C-]#[N+]c1nc(Cn2cnc3cnc4nc(C)ccc4c32)ccc1S(N)(=O)=O. The van der Waals surface area contributed by atoms with E-state index in [0.717, 1.165) is 16.6 Å². The molecule has 27 heavy (non-hydrogen) atoms. The summed E-state index contributed by atoms with van der Waals surface area (Å²) in [5.41, 5.74) is 3.54. The first-order valence-corrected chi connectivity index (χ1v) is 9.39. The number of imidazole rings is 1. The largest absolute Gasteiger partial charge is 0.360 e. The topological polar surface area (TPSA) is 121 Å². The number of pyridine rings is 3. The van der Waals surface area contributed by atoms with Crippen molar-refractivity contribution in [3.8, 4) is 0 Å². The molecule has 4 heterocycles. The van der Waals surface area contributed by atoms with Gasteiger partial charge in [-0.1, -0.05) is 6.57 Å². The van der Waals surface area contributed by atoms with Crippen LogP contribution in [-0.2, 0) is 16.6 Å². The molecule has 0 spiro atoms. The van der Waals surface area contributed by atoms with Gasteiger partial charge in [0.05, 0.1) is 24.6 Å². The number of sulfonamides is 1. The highest BCUT2D eigenvalue weighted by molar-refractivity contribution is 7.89. The number of aryl methyl sites for hydroxylation is 1. The van der Waals surface area contributed by atoms with Crippen LogP contribution >= 0.6 is 0 Å². The minimum absolute atomic E-state index is 0.247. The van der Waals surface area contributed by atoms with Gasteiger partial charge in [-0.15, -0.1) is 4.98 Å². The van der Waals surface area contributed by atoms with E-state index >= 15 is 0 Å². The van der Waals surface area contributed by atoms with Crippen molar-refractivity contribution in [2.45, 2.75) is 18.4 Å². The lowest BCUT2D eigenvalue weighted by Crippen LogP contribution is -2.13. The fraction of sp³-hybridized carbons (Fsp3) is 0.118. The summed E-state index contributed by atoms with van der Waals surface area (Å²) in [5, 5.41) is 5.98. The summed E-state index contributed by atoms with van der Waals surface area (Å²) in [6.07, 6.45) is 3.31. The summed E-state index contributed by atoms with van der Waals surface area (Å²) in [5.74, 6) is -0.247. The van der Waals surface area contributed by atoms with Crippen molar-refractivity contribution in [1.29, 1.82) is 0 Å². The molecule has 9 nitrogen and oxygen atoms in total. The summed E-state index contributed by atoms with van der Waals surface area (Å²) in [7, 11) is -4.00. The Bertz CT molecular complexity index is 1350. The van der Waals surface area contributed by atoms with Crippen molar-refractivity contribution in [1.82, 2.24) is 24.5 Å². The fourth-order valence-corrected chi connectivity index (χ4v) is 3.50. The highest BCUT2D eigenvalue weighted by Crippen LogP contribution is 2.25. The molecule has 0 fully saturated rings. The van der Waals surface area contributed by atoms with Gasteiger partial charge in [0.1, 0.15) is 10.4 Å². The predicted octanol–water partition coefficient (Wildman–Crippen LogP) is 1.93. The number of rotatable bonds is 3. The summed E-state index contributed by atoms with van der Waals surface area (Å²) in [4.78, 5) is 20.2. The zero-order valence-corrected chi connectivity index (χ0v) is 15.0. The maximum absolute atomic E-state index is 11.6. The molecule has 0 aliphatic rings. The third-order valence-electron chi connectivity index (χ3n) is 4.09. The van der Waals surface area contributed by atoms with E-state index in [1.54, 1.807) is 12.5 Å². The number of aromatic nitrogens is 5. The van der Waals surface area contributed by atoms with Gasteiger partial charge in [0.15, 0.2) is 11.3 Å². The molecular formula is C17H13N7O2S. The number of nitrogens with zero attached hydrogens (tertiary/aromatic N) is 6. The third kappa shape index (κ3) is 2.99. The van der Waals surface area contributed by atoms with Crippen LogP contribution in [0.1, 0.15) is 11.4 Å². The Morgan fingerprint density at radius 2 is 2.00 bits per heavy atom. The van der Waals surface area contributed by atoms with Crippen molar-refractivity contribution in [2.75, 3.05) is 0 Å². The van der Waals surface area contributed by atoms with E-state index in [9.17, 15) is 8.42 Å². The van der Waals surface area contributed by atoms with Gasteiger partial charge in [-0.05, 0) is 31.2 Å². The molecule has 0 amide bonds. The first-order valence-electron chi connectivity index (χ1n) is 7.84. The molecule has 0 aliphatic carbocycles. The van der Waals surface area contributed by atoms with Gasteiger partial charge in [-0.3, -0.25) is 0 Å². The average molecular weight is 379 g/mol. The van der Waals surface area contributed by atoms with Crippen molar-refractivity contribution >= 4 is 37.9 Å². The Morgan fingerprint density at radius 3 is 2.74 bits per heavy atom. The van der Waals surface area contributed by atoms with Gasteiger partial charge in [0.25, 0.3) is 5.82 Å². The smallest absolute Gasteiger partial charge is 0.290 e.